The Balaban J connectivity index is 2.64. The van der Waals surface area contributed by atoms with E-state index in [2.05, 4.69) is 10.1 Å². The van der Waals surface area contributed by atoms with Crippen LogP contribution in [0.15, 0.2) is 12.1 Å². The summed E-state index contributed by atoms with van der Waals surface area (Å²) >= 11 is 0. The molecule has 0 spiro atoms. The molecule has 1 aromatic rings. The van der Waals surface area contributed by atoms with Gasteiger partial charge >= 0.3 is 5.97 Å². The van der Waals surface area contributed by atoms with E-state index in [1.807, 2.05) is 6.92 Å². The summed E-state index contributed by atoms with van der Waals surface area (Å²) in [6.07, 6.45) is 0.991. The predicted octanol–water partition coefficient (Wildman–Crippen LogP) is 1.04. The van der Waals surface area contributed by atoms with Gasteiger partial charge in [0.05, 0.1) is 18.5 Å². The van der Waals surface area contributed by atoms with Gasteiger partial charge in [-0.15, -0.1) is 0 Å². The lowest BCUT2D eigenvalue weighted by Gasteiger charge is -2.13. The van der Waals surface area contributed by atoms with E-state index in [9.17, 15) is 9.59 Å². The van der Waals surface area contributed by atoms with E-state index < -0.39 is 5.91 Å². The molecule has 5 N–H and O–H groups in total. The third-order valence-electron chi connectivity index (χ3n) is 2.74. The molecular weight excluding hydrogens is 246 g/mol. The molecule has 0 saturated heterocycles. The van der Waals surface area contributed by atoms with E-state index in [4.69, 9.17) is 11.5 Å². The van der Waals surface area contributed by atoms with E-state index in [1.54, 1.807) is 6.07 Å². The summed E-state index contributed by atoms with van der Waals surface area (Å²) in [5.74, 6) is -0.748. The lowest BCUT2D eigenvalue weighted by Crippen LogP contribution is -2.13. The molecule has 0 aliphatic carbocycles. The number of nitrogens with one attached hydrogen (secondary N) is 1. The molecule has 6 heteroatoms. The number of aryl methyl sites for hydroxylation is 1. The highest BCUT2D eigenvalue weighted by molar-refractivity contribution is 5.95. The number of hydrogen-bond acceptors (Lipinski definition) is 5. The molecule has 6 nitrogen and oxygen atoms in total. The van der Waals surface area contributed by atoms with Gasteiger partial charge in [0.15, 0.2) is 0 Å². The molecule has 0 aliphatic rings. The molecule has 0 radical (unpaired) electrons. The van der Waals surface area contributed by atoms with Crippen LogP contribution in [-0.2, 0) is 9.53 Å². The molecular formula is C13H19N3O3. The molecule has 1 aromatic carbocycles. The molecule has 0 saturated carbocycles. The zero-order valence-electron chi connectivity index (χ0n) is 11.2. The number of ether oxygens (including phenoxy) is 1. The lowest BCUT2D eigenvalue weighted by molar-refractivity contribution is -0.140. The number of amides is 1. The minimum absolute atomic E-state index is 0.240. The van der Waals surface area contributed by atoms with Gasteiger partial charge in [-0.05, 0) is 31.0 Å². The molecule has 0 atom stereocenters. The SMILES string of the molecule is COC(=O)CCCNc1c(C)cc(C(N)=O)cc1N. The summed E-state index contributed by atoms with van der Waals surface area (Å²) in [5, 5.41) is 3.14. The molecule has 1 rings (SSSR count). The Labute approximate surface area is 112 Å². The number of benzene rings is 1. The van der Waals surface area contributed by atoms with Crippen molar-refractivity contribution in [2.24, 2.45) is 5.73 Å². The van der Waals surface area contributed by atoms with Crippen molar-refractivity contribution >= 4 is 23.3 Å². The third kappa shape index (κ3) is 4.17. The Morgan fingerprint density at radius 2 is 2.05 bits per heavy atom. The van der Waals surface area contributed by atoms with Crippen molar-refractivity contribution in [2.75, 3.05) is 24.7 Å². The van der Waals surface area contributed by atoms with E-state index in [1.165, 1.54) is 13.2 Å². The minimum Gasteiger partial charge on any atom is -0.469 e. The highest BCUT2D eigenvalue weighted by atomic mass is 16.5. The largest absolute Gasteiger partial charge is 0.469 e. The normalized spacial score (nSPS) is 10.0. The van der Waals surface area contributed by atoms with Crippen LogP contribution in [0.3, 0.4) is 0 Å². The first-order valence-electron chi connectivity index (χ1n) is 5.96. The molecule has 0 bridgehead atoms. The maximum atomic E-state index is 11.1. The van der Waals surface area contributed by atoms with Gasteiger partial charge < -0.3 is 21.5 Å². The number of carbonyl (C=O) groups is 2. The summed E-state index contributed by atoms with van der Waals surface area (Å²) in [7, 11) is 1.36. The summed E-state index contributed by atoms with van der Waals surface area (Å²) in [6.45, 7) is 2.43. The molecule has 1 amide bonds. The van der Waals surface area contributed by atoms with Crippen molar-refractivity contribution in [1.82, 2.24) is 0 Å². The molecule has 0 heterocycles. The Morgan fingerprint density at radius 3 is 2.58 bits per heavy atom. The zero-order chi connectivity index (χ0) is 14.4. The molecule has 0 fully saturated rings. The van der Waals surface area contributed by atoms with Crippen molar-refractivity contribution in [1.29, 1.82) is 0 Å². The van der Waals surface area contributed by atoms with Gasteiger partial charge in [0.25, 0.3) is 0 Å². The van der Waals surface area contributed by atoms with Crippen LogP contribution in [0.1, 0.15) is 28.8 Å². The van der Waals surface area contributed by atoms with E-state index in [0.29, 0.717) is 30.6 Å². The second-order valence-electron chi connectivity index (χ2n) is 4.23. The van der Waals surface area contributed by atoms with E-state index >= 15 is 0 Å². The fourth-order valence-corrected chi connectivity index (χ4v) is 1.75. The van der Waals surface area contributed by atoms with E-state index in [-0.39, 0.29) is 5.97 Å². The first-order valence-corrected chi connectivity index (χ1v) is 5.96. The number of anilines is 2. The van der Waals surface area contributed by atoms with Gasteiger partial charge in [-0.3, -0.25) is 9.59 Å². The average molecular weight is 265 g/mol. The van der Waals surface area contributed by atoms with Gasteiger partial charge in [-0.2, -0.15) is 0 Å². The fourth-order valence-electron chi connectivity index (χ4n) is 1.75. The molecule has 19 heavy (non-hydrogen) atoms. The van der Waals surface area contributed by atoms with Gasteiger partial charge in [-0.1, -0.05) is 0 Å². The Kier molecular flexibility index (Phi) is 5.17. The number of primary amides is 1. The Hall–Kier alpha value is -2.24. The summed E-state index contributed by atoms with van der Waals surface area (Å²) in [6, 6.07) is 3.22. The Morgan fingerprint density at radius 1 is 1.37 bits per heavy atom. The van der Waals surface area contributed by atoms with Crippen molar-refractivity contribution < 1.29 is 14.3 Å². The summed E-state index contributed by atoms with van der Waals surface area (Å²) in [5.41, 5.74) is 13.5. The average Bonchev–Trinajstić information content (AvgIpc) is 2.36. The number of esters is 1. The third-order valence-corrected chi connectivity index (χ3v) is 2.74. The standard InChI is InChI=1S/C13H19N3O3/c1-8-6-9(13(15)18)7-10(14)12(8)16-5-3-4-11(17)19-2/h6-7,16H,3-5,14H2,1-2H3,(H2,15,18). The predicted molar refractivity (Wildman–Crippen MR) is 73.8 cm³/mol. The number of hydrogen-bond donors (Lipinski definition) is 3. The maximum absolute atomic E-state index is 11.1. The van der Waals surface area contributed by atoms with Crippen LogP contribution in [0.25, 0.3) is 0 Å². The van der Waals surface area contributed by atoms with Crippen LogP contribution in [0.5, 0.6) is 0 Å². The fraction of sp³-hybridized carbons (Fsp3) is 0.385. The quantitative estimate of drug-likeness (QED) is 0.404. The lowest BCUT2D eigenvalue weighted by atomic mass is 10.1. The maximum Gasteiger partial charge on any atom is 0.305 e. The second kappa shape index (κ2) is 6.63. The van der Waals surface area contributed by atoms with Crippen LogP contribution >= 0.6 is 0 Å². The number of nitrogens with two attached hydrogens (primary N) is 2. The van der Waals surface area contributed by atoms with Gasteiger partial charge in [0.1, 0.15) is 0 Å². The summed E-state index contributed by atoms with van der Waals surface area (Å²) in [4.78, 5) is 22.0. The number of nitrogen functional groups attached to an aromatic ring is 1. The molecule has 0 aromatic heterocycles. The molecule has 0 unspecified atom stereocenters. The minimum atomic E-state index is -0.507. The molecule has 104 valence electrons. The molecule has 0 aliphatic heterocycles. The zero-order valence-corrected chi connectivity index (χ0v) is 11.2. The topological polar surface area (TPSA) is 107 Å². The summed E-state index contributed by atoms with van der Waals surface area (Å²) < 4.78 is 4.55. The van der Waals surface area contributed by atoms with Gasteiger partial charge in [0, 0.05) is 18.5 Å². The number of methoxy groups -OCH3 is 1. The van der Waals surface area contributed by atoms with Gasteiger partial charge in [0.2, 0.25) is 5.91 Å². The highest BCUT2D eigenvalue weighted by Crippen LogP contribution is 2.25. The van der Waals surface area contributed by atoms with E-state index in [0.717, 1.165) is 11.3 Å². The highest BCUT2D eigenvalue weighted by Gasteiger charge is 2.09. The first kappa shape index (κ1) is 14.8. The number of carbonyl (C=O) groups excluding carboxylic acids is 2. The van der Waals surface area contributed by atoms with Crippen molar-refractivity contribution in [2.45, 2.75) is 19.8 Å². The Bertz CT molecular complexity index is 463. The van der Waals surface area contributed by atoms with Crippen molar-refractivity contribution in [3.63, 3.8) is 0 Å². The number of rotatable bonds is 6. The van der Waals surface area contributed by atoms with Crippen LogP contribution in [-0.4, -0.2) is 25.5 Å². The smallest absolute Gasteiger partial charge is 0.305 e. The van der Waals surface area contributed by atoms with Crippen molar-refractivity contribution in [3.8, 4) is 0 Å². The van der Waals surface area contributed by atoms with Crippen LogP contribution in [0, 0.1) is 6.92 Å². The monoisotopic (exact) mass is 265 g/mol. The van der Waals surface area contributed by atoms with Crippen LogP contribution in [0.4, 0.5) is 11.4 Å². The van der Waals surface area contributed by atoms with Crippen molar-refractivity contribution in [3.05, 3.63) is 23.3 Å². The second-order valence-corrected chi connectivity index (χ2v) is 4.23. The van der Waals surface area contributed by atoms with Gasteiger partial charge in [-0.25, -0.2) is 0 Å². The first-order chi connectivity index (χ1) is 8.95. The van der Waals surface area contributed by atoms with Crippen LogP contribution < -0.4 is 16.8 Å². The van der Waals surface area contributed by atoms with Crippen LogP contribution in [0.2, 0.25) is 0 Å².